The van der Waals surface area contributed by atoms with Crippen molar-refractivity contribution in [2.45, 2.75) is 64.1 Å². The van der Waals surface area contributed by atoms with E-state index in [0.717, 1.165) is 16.9 Å². The number of carbonyl (C=O) groups excluding carboxylic acids is 1. The zero-order valence-electron chi connectivity index (χ0n) is 19.3. The fourth-order valence-corrected chi connectivity index (χ4v) is 4.63. The number of aliphatic hydroxyl groups is 1. The molecule has 3 aromatic rings. The van der Waals surface area contributed by atoms with Crippen LogP contribution in [-0.2, 0) is 11.3 Å². The molecule has 9 heteroatoms. The van der Waals surface area contributed by atoms with E-state index in [9.17, 15) is 19.5 Å². The van der Waals surface area contributed by atoms with Crippen LogP contribution in [0.15, 0.2) is 46.1 Å². The van der Waals surface area contributed by atoms with E-state index in [1.165, 1.54) is 16.8 Å². The van der Waals surface area contributed by atoms with Crippen LogP contribution < -0.4 is 11.2 Å². The number of H-pyrrole nitrogens is 1. The van der Waals surface area contributed by atoms with Gasteiger partial charge in [0.15, 0.2) is 0 Å². The quantitative estimate of drug-likeness (QED) is 0.593. The predicted molar refractivity (Wildman–Crippen MR) is 125 cm³/mol. The van der Waals surface area contributed by atoms with E-state index in [1.54, 1.807) is 11.8 Å². The van der Waals surface area contributed by atoms with Gasteiger partial charge in [0.1, 0.15) is 5.82 Å². The van der Waals surface area contributed by atoms with Gasteiger partial charge in [-0.25, -0.2) is 9.78 Å². The summed E-state index contributed by atoms with van der Waals surface area (Å²) in [7, 11) is 0. The Morgan fingerprint density at radius 2 is 2.03 bits per heavy atom. The molecule has 2 atom stereocenters. The molecule has 1 aliphatic heterocycles. The third kappa shape index (κ3) is 4.64. The zero-order valence-corrected chi connectivity index (χ0v) is 19.3. The lowest BCUT2D eigenvalue weighted by Gasteiger charge is -2.43. The number of para-hydroxylation sites is 2. The monoisotopic (exact) mass is 453 g/mol. The summed E-state index contributed by atoms with van der Waals surface area (Å²) in [5.41, 5.74) is -0.219. The smallest absolute Gasteiger partial charge is 0.328 e. The summed E-state index contributed by atoms with van der Waals surface area (Å²) in [6.07, 6.45) is 2.75. The van der Waals surface area contributed by atoms with Crippen LogP contribution >= 0.6 is 0 Å². The van der Waals surface area contributed by atoms with Crippen molar-refractivity contribution in [1.29, 1.82) is 0 Å². The molecule has 33 heavy (non-hydrogen) atoms. The van der Waals surface area contributed by atoms with E-state index in [-0.39, 0.29) is 18.4 Å². The Kier molecular flexibility index (Phi) is 6.25. The van der Waals surface area contributed by atoms with Gasteiger partial charge in [-0.05, 0) is 31.9 Å². The first-order valence-electron chi connectivity index (χ1n) is 11.4. The van der Waals surface area contributed by atoms with E-state index in [1.807, 2.05) is 18.2 Å². The first kappa shape index (κ1) is 23.0. The average molecular weight is 454 g/mol. The van der Waals surface area contributed by atoms with Gasteiger partial charge < -0.3 is 14.6 Å². The lowest BCUT2D eigenvalue weighted by molar-refractivity contribution is -0.138. The summed E-state index contributed by atoms with van der Waals surface area (Å²) in [6, 6.07) is 8.64. The normalized spacial score (nSPS) is 21.1. The van der Waals surface area contributed by atoms with Crippen LogP contribution in [0.2, 0.25) is 0 Å². The molecule has 0 bridgehead atoms. The van der Waals surface area contributed by atoms with Crippen LogP contribution in [0.3, 0.4) is 0 Å². The number of benzene rings is 1. The summed E-state index contributed by atoms with van der Waals surface area (Å²) < 4.78 is 3.50. The standard InChI is InChI=1S/C24H31N5O4/c1-16(2)22-25-17-7-4-5-8-18(17)28(22)12-6-9-21(31)27-14-11-24(3,33)19(15-27)29-13-10-20(30)26-23(29)32/h4-5,7-8,10,13,16,19,33H,6,9,11-12,14-15H2,1-3H3,(H,26,30,32)/t19-,24-/m1/s1. The van der Waals surface area contributed by atoms with Crippen molar-refractivity contribution in [3.63, 3.8) is 0 Å². The largest absolute Gasteiger partial charge is 0.388 e. The molecule has 176 valence electrons. The number of aromatic amines is 1. The molecular weight excluding hydrogens is 422 g/mol. The Labute approximate surface area is 191 Å². The van der Waals surface area contributed by atoms with Crippen LogP contribution in [0.1, 0.15) is 57.8 Å². The Hall–Kier alpha value is -3.20. The molecular formula is C24H31N5O4. The van der Waals surface area contributed by atoms with E-state index in [4.69, 9.17) is 4.98 Å². The molecule has 0 unspecified atom stereocenters. The number of nitrogens with one attached hydrogen (secondary N) is 1. The summed E-state index contributed by atoms with van der Waals surface area (Å²) in [5, 5.41) is 10.9. The van der Waals surface area contributed by atoms with Crippen molar-refractivity contribution in [2.75, 3.05) is 13.1 Å². The third-order valence-electron chi connectivity index (χ3n) is 6.51. The minimum Gasteiger partial charge on any atom is -0.388 e. The van der Waals surface area contributed by atoms with Gasteiger partial charge in [-0.3, -0.25) is 19.1 Å². The maximum atomic E-state index is 13.0. The van der Waals surface area contributed by atoms with Gasteiger partial charge >= 0.3 is 5.69 Å². The minimum absolute atomic E-state index is 0.0107. The van der Waals surface area contributed by atoms with Crippen LogP contribution in [0.4, 0.5) is 0 Å². The number of nitrogens with zero attached hydrogens (tertiary/aromatic N) is 4. The molecule has 4 rings (SSSR count). The summed E-state index contributed by atoms with van der Waals surface area (Å²) in [6.45, 7) is 7.21. The molecule has 1 saturated heterocycles. The van der Waals surface area contributed by atoms with Gasteiger partial charge in [0.2, 0.25) is 5.91 Å². The van der Waals surface area contributed by atoms with Gasteiger partial charge in [0.25, 0.3) is 5.56 Å². The van der Waals surface area contributed by atoms with E-state index in [0.29, 0.717) is 32.4 Å². The summed E-state index contributed by atoms with van der Waals surface area (Å²) in [5.74, 6) is 1.27. The van der Waals surface area contributed by atoms with Crippen molar-refractivity contribution in [3.8, 4) is 0 Å². The molecule has 3 heterocycles. The summed E-state index contributed by atoms with van der Waals surface area (Å²) in [4.78, 5) is 45.4. The molecule has 2 aromatic heterocycles. The molecule has 0 saturated carbocycles. The van der Waals surface area contributed by atoms with Crippen LogP contribution in [0.25, 0.3) is 11.0 Å². The minimum atomic E-state index is -1.17. The topological polar surface area (TPSA) is 113 Å². The second kappa shape index (κ2) is 8.97. The fourth-order valence-electron chi connectivity index (χ4n) is 4.63. The van der Waals surface area contributed by atoms with Gasteiger partial charge in [-0.1, -0.05) is 26.0 Å². The SMILES string of the molecule is CC(C)c1nc2ccccc2n1CCCC(=O)N1CC[C@@](C)(O)[C@H](n2ccc(=O)[nH]c2=O)C1. The fraction of sp³-hybridized carbons (Fsp3) is 0.500. The average Bonchev–Trinajstić information content (AvgIpc) is 3.13. The number of aryl methyl sites for hydroxylation is 1. The van der Waals surface area contributed by atoms with Crippen molar-refractivity contribution < 1.29 is 9.90 Å². The van der Waals surface area contributed by atoms with Crippen molar-refractivity contribution in [3.05, 3.63) is 63.2 Å². The second-order valence-corrected chi connectivity index (χ2v) is 9.35. The number of imidazole rings is 1. The molecule has 0 radical (unpaired) electrons. The van der Waals surface area contributed by atoms with E-state index >= 15 is 0 Å². The van der Waals surface area contributed by atoms with E-state index in [2.05, 4.69) is 29.5 Å². The number of piperidine rings is 1. The molecule has 0 aliphatic carbocycles. The maximum absolute atomic E-state index is 13.0. The molecule has 1 aromatic carbocycles. The summed E-state index contributed by atoms with van der Waals surface area (Å²) >= 11 is 0. The van der Waals surface area contributed by atoms with Gasteiger partial charge in [-0.2, -0.15) is 0 Å². The highest BCUT2D eigenvalue weighted by molar-refractivity contribution is 5.77. The molecule has 0 spiro atoms. The number of hydrogen-bond acceptors (Lipinski definition) is 5. The highest BCUT2D eigenvalue weighted by Gasteiger charge is 2.40. The highest BCUT2D eigenvalue weighted by atomic mass is 16.3. The first-order valence-corrected chi connectivity index (χ1v) is 11.4. The Bertz CT molecular complexity index is 1270. The Morgan fingerprint density at radius 3 is 2.76 bits per heavy atom. The molecule has 1 fully saturated rings. The maximum Gasteiger partial charge on any atom is 0.328 e. The lowest BCUT2D eigenvalue weighted by Crippen LogP contribution is -2.54. The van der Waals surface area contributed by atoms with Crippen LogP contribution in [0.5, 0.6) is 0 Å². The first-order chi connectivity index (χ1) is 15.7. The molecule has 2 N–H and O–H groups in total. The van der Waals surface area contributed by atoms with Crippen LogP contribution in [-0.4, -0.2) is 53.7 Å². The number of amides is 1. The van der Waals surface area contributed by atoms with E-state index < -0.39 is 22.9 Å². The number of hydrogen-bond donors (Lipinski definition) is 2. The number of rotatable bonds is 6. The van der Waals surface area contributed by atoms with Gasteiger partial charge in [0, 0.05) is 44.2 Å². The lowest BCUT2D eigenvalue weighted by atomic mass is 9.88. The highest BCUT2D eigenvalue weighted by Crippen LogP contribution is 2.31. The number of aromatic nitrogens is 4. The molecule has 1 amide bonds. The van der Waals surface area contributed by atoms with Crippen molar-refractivity contribution >= 4 is 16.9 Å². The third-order valence-corrected chi connectivity index (χ3v) is 6.51. The van der Waals surface area contributed by atoms with Crippen molar-refractivity contribution in [1.82, 2.24) is 24.0 Å². The Morgan fingerprint density at radius 1 is 1.27 bits per heavy atom. The zero-order chi connectivity index (χ0) is 23.8. The van der Waals surface area contributed by atoms with Crippen LogP contribution in [0, 0.1) is 0 Å². The number of fused-ring (bicyclic) bond motifs is 1. The molecule has 9 nitrogen and oxygen atoms in total. The molecule has 1 aliphatic rings. The van der Waals surface area contributed by atoms with Crippen molar-refractivity contribution in [2.24, 2.45) is 0 Å². The number of carbonyl (C=O) groups is 1. The van der Waals surface area contributed by atoms with Gasteiger partial charge in [0.05, 0.1) is 22.7 Å². The predicted octanol–water partition coefficient (Wildman–Crippen LogP) is 2.01. The Balaban J connectivity index is 1.45. The second-order valence-electron chi connectivity index (χ2n) is 9.35. The number of likely N-dealkylation sites (tertiary alicyclic amines) is 1. The van der Waals surface area contributed by atoms with Gasteiger partial charge in [-0.15, -0.1) is 0 Å².